The number of hydrogen-bond acceptors (Lipinski definition) is 1. The van der Waals surface area contributed by atoms with Crippen LogP contribution in [0.25, 0.3) is 11.1 Å². The molecule has 1 aliphatic rings. The maximum Gasteiger partial charge on any atom is 0.0406 e. The number of halogens is 1. The molecule has 0 saturated carbocycles. The monoisotopic (exact) mass is 257 g/mol. The summed E-state index contributed by atoms with van der Waals surface area (Å²) in [6.45, 7) is 2.25. The topological polar surface area (TPSA) is 12.0 Å². The van der Waals surface area contributed by atoms with Crippen molar-refractivity contribution < 1.29 is 0 Å². The van der Waals surface area contributed by atoms with Crippen LogP contribution in [0.5, 0.6) is 0 Å². The van der Waals surface area contributed by atoms with Crippen LogP contribution in [-0.2, 0) is 0 Å². The molecule has 0 aliphatic carbocycles. The molecule has 2 aromatic carbocycles. The van der Waals surface area contributed by atoms with Crippen LogP contribution in [0.4, 0.5) is 0 Å². The largest absolute Gasteiger partial charge is 0.316 e. The summed E-state index contributed by atoms with van der Waals surface area (Å²) in [5, 5.41) is 4.19. The van der Waals surface area contributed by atoms with E-state index in [0.717, 1.165) is 18.1 Å². The van der Waals surface area contributed by atoms with Gasteiger partial charge < -0.3 is 5.32 Å². The van der Waals surface area contributed by atoms with Crippen LogP contribution in [0.3, 0.4) is 0 Å². The van der Waals surface area contributed by atoms with E-state index in [-0.39, 0.29) is 0 Å². The number of hydrogen-bond donors (Lipinski definition) is 1. The summed E-state index contributed by atoms with van der Waals surface area (Å²) in [7, 11) is 0. The molecule has 1 atom stereocenters. The molecule has 1 fully saturated rings. The molecule has 2 heteroatoms. The first kappa shape index (κ1) is 11.8. The summed E-state index contributed by atoms with van der Waals surface area (Å²) in [5.41, 5.74) is 3.91. The van der Waals surface area contributed by atoms with Crippen molar-refractivity contribution >= 4 is 11.6 Å². The highest BCUT2D eigenvalue weighted by Crippen LogP contribution is 2.26. The molecule has 0 spiro atoms. The molecule has 92 valence electrons. The van der Waals surface area contributed by atoms with Gasteiger partial charge in [0.1, 0.15) is 0 Å². The Balaban J connectivity index is 1.84. The zero-order chi connectivity index (χ0) is 12.4. The Morgan fingerprint density at radius 3 is 2.06 bits per heavy atom. The van der Waals surface area contributed by atoms with Crippen molar-refractivity contribution in [3.63, 3.8) is 0 Å². The first-order valence-corrected chi connectivity index (χ1v) is 6.77. The van der Waals surface area contributed by atoms with E-state index >= 15 is 0 Å². The second kappa shape index (κ2) is 5.13. The highest BCUT2D eigenvalue weighted by molar-refractivity contribution is 6.30. The molecule has 1 unspecified atom stereocenters. The van der Waals surface area contributed by atoms with Gasteiger partial charge in [-0.2, -0.15) is 0 Å². The zero-order valence-electron chi connectivity index (χ0n) is 10.2. The SMILES string of the molecule is Clc1ccc(-c2ccc(C3CCNC3)cc2)cc1. The first-order chi connectivity index (χ1) is 8.83. The standard InChI is InChI=1S/C16H16ClN/c17-16-7-5-13(6-8-16)12-1-3-14(4-2-12)15-9-10-18-11-15/h1-8,15,18H,9-11H2. The summed E-state index contributed by atoms with van der Waals surface area (Å²) in [4.78, 5) is 0. The van der Waals surface area contributed by atoms with Gasteiger partial charge in [0.05, 0.1) is 0 Å². The second-order valence-electron chi connectivity index (χ2n) is 4.82. The first-order valence-electron chi connectivity index (χ1n) is 6.39. The highest BCUT2D eigenvalue weighted by Gasteiger charge is 2.15. The van der Waals surface area contributed by atoms with Gasteiger partial charge in [-0.15, -0.1) is 0 Å². The third-order valence-corrected chi connectivity index (χ3v) is 3.87. The molecule has 1 heterocycles. The molecule has 1 N–H and O–H groups in total. The smallest absolute Gasteiger partial charge is 0.0406 e. The van der Waals surface area contributed by atoms with E-state index in [1.54, 1.807) is 0 Å². The van der Waals surface area contributed by atoms with E-state index in [2.05, 4.69) is 41.7 Å². The van der Waals surface area contributed by atoms with Gasteiger partial charge in [-0.05, 0) is 47.7 Å². The summed E-state index contributed by atoms with van der Waals surface area (Å²) in [5.74, 6) is 0.685. The van der Waals surface area contributed by atoms with Crippen LogP contribution in [0, 0.1) is 0 Å². The number of rotatable bonds is 2. The maximum absolute atomic E-state index is 5.90. The average Bonchev–Trinajstić information content (AvgIpc) is 2.94. The zero-order valence-corrected chi connectivity index (χ0v) is 11.0. The Bertz CT molecular complexity index is 510. The van der Waals surface area contributed by atoms with Gasteiger partial charge in [-0.25, -0.2) is 0 Å². The van der Waals surface area contributed by atoms with Crippen LogP contribution >= 0.6 is 11.6 Å². The van der Waals surface area contributed by atoms with Gasteiger partial charge >= 0.3 is 0 Å². The van der Waals surface area contributed by atoms with E-state index in [1.807, 2.05) is 12.1 Å². The predicted molar refractivity (Wildman–Crippen MR) is 77.1 cm³/mol. The Labute approximate surface area is 113 Å². The van der Waals surface area contributed by atoms with Crippen molar-refractivity contribution in [2.75, 3.05) is 13.1 Å². The minimum Gasteiger partial charge on any atom is -0.316 e. The lowest BCUT2D eigenvalue weighted by Gasteiger charge is -2.09. The van der Waals surface area contributed by atoms with Crippen molar-refractivity contribution in [1.29, 1.82) is 0 Å². The normalized spacial score (nSPS) is 19.1. The number of benzene rings is 2. The molecule has 0 aromatic heterocycles. The lowest BCUT2D eigenvalue weighted by Crippen LogP contribution is -2.07. The van der Waals surface area contributed by atoms with Gasteiger partial charge in [-0.3, -0.25) is 0 Å². The van der Waals surface area contributed by atoms with Crippen LogP contribution in [0.2, 0.25) is 5.02 Å². The molecule has 1 saturated heterocycles. The number of nitrogens with one attached hydrogen (secondary N) is 1. The second-order valence-corrected chi connectivity index (χ2v) is 5.26. The van der Waals surface area contributed by atoms with Crippen molar-refractivity contribution in [3.8, 4) is 11.1 Å². The lowest BCUT2D eigenvalue weighted by atomic mass is 9.96. The fourth-order valence-electron chi connectivity index (χ4n) is 2.53. The Morgan fingerprint density at radius 1 is 0.889 bits per heavy atom. The van der Waals surface area contributed by atoms with Crippen LogP contribution in [-0.4, -0.2) is 13.1 Å². The Hall–Kier alpha value is -1.31. The molecule has 1 aliphatic heterocycles. The third kappa shape index (κ3) is 2.43. The summed E-state index contributed by atoms with van der Waals surface area (Å²) < 4.78 is 0. The quantitative estimate of drug-likeness (QED) is 0.855. The fraction of sp³-hybridized carbons (Fsp3) is 0.250. The molecule has 0 amide bonds. The summed E-state index contributed by atoms with van der Waals surface area (Å²) in [6.07, 6.45) is 1.25. The molecule has 18 heavy (non-hydrogen) atoms. The van der Waals surface area contributed by atoms with Gasteiger partial charge in [0.2, 0.25) is 0 Å². The van der Waals surface area contributed by atoms with E-state index in [9.17, 15) is 0 Å². The van der Waals surface area contributed by atoms with E-state index in [1.165, 1.54) is 23.1 Å². The average molecular weight is 258 g/mol. The molecular formula is C16H16ClN. The molecule has 0 radical (unpaired) electrons. The van der Waals surface area contributed by atoms with Gasteiger partial charge in [0, 0.05) is 11.6 Å². The van der Waals surface area contributed by atoms with Crippen LogP contribution in [0.15, 0.2) is 48.5 Å². The van der Waals surface area contributed by atoms with Crippen molar-refractivity contribution in [2.24, 2.45) is 0 Å². The van der Waals surface area contributed by atoms with Crippen molar-refractivity contribution in [1.82, 2.24) is 5.32 Å². The van der Waals surface area contributed by atoms with Crippen molar-refractivity contribution in [2.45, 2.75) is 12.3 Å². The van der Waals surface area contributed by atoms with Gasteiger partial charge in [-0.1, -0.05) is 48.0 Å². The minimum absolute atomic E-state index is 0.685. The van der Waals surface area contributed by atoms with Crippen LogP contribution in [0.1, 0.15) is 17.9 Å². The van der Waals surface area contributed by atoms with Crippen LogP contribution < -0.4 is 5.32 Å². The van der Waals surface area contributed by atoms with E-state index in [4.69, 9.17) is 11.6 Å². The third-order valence-electron chi connectivity index (χ3n) is 3.62. The molecular weight excluding hydrogens is 242 g/mol. The van der Waals surface area contributed by atoms with Gasteiger partial charge in [0.15, 0.2) is 0 Å². The molecule has 3 rings (SSSR count). The fourth-order valence-corrected chi connectivity index (χ4v) is 2.66. The summed E-state index contributed by atoms with van der Waals surface area (Å²) >= 11 is 5.90. The summed E-state index contributed by atoms with van der Waals surface area (Å²) in [6, 6.07) is 16.9. The minimum atomic E-state index is 0.685. The Morgan fingerprint density at radius 2 is 1.50 bits per heavy atom. The highest BCUT2D eigenvalue weighted by atomic mass is 35.5. The predicted octanol–water partition coefficient (Wildman–Crippen LogP) is 4.08. The maximum atomic E-state index is 5.90. The van der Waals surface area contributed by atoms with Crippen molar-refractivity contribution in [3.05, 3.63) is 59.1 Å². The molecule has 2 aromatic rings. The lowest BCUT2D eigenvalue weighted by molar-refractivity contribution is 0.763. The van der Waals surface area contributed by atoms with E-state index in [0.29, 0.717) is 5.92 Å². The Kier molecular flexibility index (Phi) is 3.35. The molecule has 1 nitrogen and oxygen atoms in total. The van der Waals surface area contributed by atoms with Gasteiger partial charge in [0.25, 0.3) is 0 Å². The molecule has 0 bridgehead atoms. The van der Waals surface area contributed by atoms with E-state index < -0.39 is 0 Å².